The summed E-state index contributed by atoms with van der Waals surface area (Å²) in [5, 5.41) is 4.09. The van der Waals surface area contributed by atoms with Gasteiger partial charge >= 0.3 is 0 Å². The summed E-state index contributed by atoms with van der Waals surface area (Å²) in [6.45, 7) is 6.39. The molecule has 1 aromatic heterocycles. The van der Waals surface area contributed by atoms with E-state index in [2.05, 4.69) is 25.9 Å². The molecule has 1 heterocycles. The number of hydrogen-bond acceptors (Lipinski definition) is 2. The third-order valence-electron chi connectivity index (χ3n) is 2.02. The maximum absolute atomic E-state index is 6.03. The minimum Gasteiger partial charge on any atom is -0.323 e. The zero-order valence-corrected chi connectivity index (χ0v) is 8.20. The predicted octanol–water partition coefficient (Wildman–Crippen LogP) is 1.47. The van der Waals surface area contributed by atoms with Crippen LogP contribution in [0.2, 0.25) is 0 Å². The Morgan fingerprint density at radius 2 is 2.08 bits per heavy atom. The third kappa shape index (κ3) is 1.85. The molecule has 68 valence electrons. The highest BCUT2D eigenvalue weighted by Gasteiger charge is 2.22. The second-order valence-electron chi connectivity index (χ2n) is 4.29. The number of nitrogens with zero attached hydrogens (tertiary/aromatic N) is 2. The topological polar surface area (TPSA) is 43.8 Å². The van der Waals surface area contributed by atoms with Gasteiger partial charge in [0.05, 0.1) is 6.20 Å². The molecule has 3 heteroatoms. The second kappa shape index (κ2) is 2.90. The van der Waals surface area contributed by atoms with Crippen LogP contribution in [0.3, 0.4) is 0 Å². The van der Waals surface area contributed by atoms with Gasteiger partial charge in [0.2, 0.25) is 0 Å². The summed E-state index contributed by atoms with van der Waals surface area (Å²) in [7, 11) is 1.90. The molecule has 0 amide bonds. The molecule has 1 atom stereocenters. The molecule has 0 fully saturated rings. The molecule has 0 spiro atoms. The highest BCUT2D eigenvalue weighted by atomic mass is 15.2. The monoisotopic (exact) mass is 167 g/mol. The maximum Gasteiger partial charge on any atom is 0.0537 e. The van der Waals surface area contributed by atoms with E-state index in [0.717, 1.165) is 5.56 Å². The first-order chi connectivity index (χ1) is 5.41. The molecule has 0 bridgehead atoms. The van der Waals surface area contributed by atoms with Crippen molar-refractivity contribution in [1.29, 1.82) is 0 Å². The Balaban J connectivity index is 2.85. The Kier molecular flexibility index (Phi) is 2.24. The Morgan fingerprint density at radius 3 is 2.42 bits per heavy atom. The Bertz CT molecular complexity index is 257. The summed E-state index contributed by atoms with van der Waals surface area (Å²) in [6.07, 6.45) is 3.80. The van der Waals surface area contributed by atoms with Gasteiger partial charge in [0.1, 0.15) is 0 Å². The minimum atomic E-state index is 0.0613. The smallest absolute Gasteiger partial charge is 0.0537 e. The molecule has 0 aliphatic carbocycles. The van der Waals surface area contributed by atoms with Crippen LogP contribution in [0.1, 0.15) is 32.4 Å². The number of rotatable bonds is 1. The highest BCUT2D eigenvalue weighted by molar-refractivity contribution is 5.12. The van der Waals surface area contributed by atoms with Crippen LogP contribution in [0, 0.1) is 5.41 Å². The molecule has 1 rings (SSSR count). The largest absolute Gasteiger partial charge is 0.323 e. The van der Waals surface area contributed by atoms with Crippen molar-refractivity contribution in [2.75, 3.05) is 0 Å². The van der Waals surface area contributed by atoms with E-state index >= 15 is 0 Å². The highest BCUT2D eigenvalue weighted by Crippen LogP contribution is 2.29. The van der Waals surface area contributed by atoms with Crippen molar-refractivity contribution in [1.82, 2.24) is 9.78 Å². The van der Waals surface area contributed by atoms with E-state index < -0.39 is 0 Å². The molecule has 0 aliphatic heterocycles. The van der Waals surface area contributed by atoms with Gasteiger partial charge in [0, 0.05) is 24.8 Å². The second-order valence-corrected chi connectivity index (χ2v) is 4.29. The molecule has 0 aliphatic rings. The van der Waals surface area contributed by atoms with Crippen molar-refractivity contribution in [3.63, 3.8) is 0 Å². The van der Waals surface area contributed by atoms with Crippen molar-refractivity contribution in [2.45, 2.75) is 26.8 Å². The van der Waals surface area contributed by atoms with E-state index in [4.69, 9.17) is 5.73 Å². The third-order valence-corrected chi connectivity index (χ3v) is 2.02. The standard InChI is InChI=1S/C9H17N3/c1-9(2,3)8(10)7-5-11-12(4)6-7/h5-6,8H,10H2,1-4H3. The normalized spacial score (nSPS) is 14.8. The van der Waals surface area contributed by atoms with Crippen LogP contribution in [0.5, 0.6) is 0 Å². The lowest BCUT2D eigenvalue weighted by Gasteiger charge is -2.25. The van der Waals surface area contributed by atoms with Crippen molar-refractivity contribution >= 4 is 0 Å². The van der Waals surface area contributed by atoms with Gasteiger partial charge in [0.25, 0.3) is 0 Å². The molecule has 0 radical (unpaired) electrons. The maximum atomic E-state index is 6.03. The number of aryl methyl sites for hydroxylation is 1. The molecule has 12 heavy (non-hydrogen) atoms. The Hall–Kier alpha value is -0.830. The van der Waals surface area contributed by atoms with Crippen LogP contribution >= 0.6 is 0 Å². The summed E-state index contributed by atoms with van der Waals surface area (Å²) in [5.41, 5.74) is 7.23. The fourth-order valence-corrected chi connectivity index (χ4v) is 1.10. The quantitative estimate of drug-likeness (QED) is 0.688. The summed E-state index contributed by atoms with van der Waals surface area (Å²) >= 11 is 0. The van der Waals surface area contributed by atoms with Crippen molar-refractivity contribution < 1.29 is 0 Å². The summed E-state index contributed by atoms with van der Waals surface area (Å²) in [6, 6.07) is 0.0613. The summed E-state index contributed by atoms with van der Waals surface area (Å²) in [4.78, 5) is 0. The van der Waals surface area contributed by atoms with Crippen LogP contribution in [0.15, 0.2) is 12.4 Å². The Morgan fingerprint density at radius 1 is 1.50 bits per heavy atom. The van der Waals surface area contributed by atoms with Crippen LogP contribution in [0.4, 0.5) is 0 Å². The first-order valence-electron chi connectivity index (χ1n) is 4.15. The van der Waals surface area contributed by atoms with Gasteiger partial charge in [-0.2, -0.15) is 5.10 Å². The number of aromatic nitrogens is 2. The molecule has 3 nitrogen and oxygen atoms in total. The average Bonchev–Trinajstić information content (AvgIpc) is 2.32. The van der Waals surface area contributed by atoms with Crippen molar-refractivity contribution in [3.05, 3.63) is 18.0 Å². The predicted molar refractivity (Wildman–Crippen MR) is 49.6 cm³/mol. The molecule has 2 N–H and O–H groups in total. The lowest BCUT2D eigenvalue weighted by atomic mass is 9.84. The SMILES string of the molecule is Cn1cc(C(N)C(C)(C)C)cn1. The van der Waals surface area contributed by atoms with E-state index in [1.54, 1.807) is 4.68 Å². The van der Waals surface area contributed by atoms with E-state index in [1.165, 1.54) is 0 Å². The molecule has 1 unspecified atom stereocenters. The van der Waals surface area contributed by atoms with Crippen molar-refractivity contribution in [2.24, 2.45) is 18.2 Å². The van der Waals surface area contributed by atoms with Crippen LogP contribution in [-0.4, -0.2) is 9.78 Å². The molecular weight excluding hydrogens is 150 g/mol. The zero-order valence-electron chi connectivity index (χ0n) is 8.20. The average molecular weight is 167 g/mol. The van der Waals surface area contributed by atoms with E-state index in [9.17, 15) is 0 Å². The first kappa shape index (κ1) is 9.26. The van der Waals surface area contributed by atoms with Gasteiger partial charge in [-0.15, -0.1) is 0 Å². The molecule has 0 aromatic carbocycles. The lowest BCUT2D eigenvalue weighted by molar-refractivity contribution is 0.327. The number of hydrogen-bond donors (Lipinski definition) is 1. The van der Waals surface area contributed by atoms with Crippen LogP contribution in [-0.2, 0) is 7.05 Å². The van der Waals surface area contributed by atoms with Gasteiger partial charge in [-0.25, -0.2) is 0 Å². The molecular formula is C9H17N3. The molecule has 1 aromatic rings. The van der Waals surface area contributed by atoms with Gasteiger partial charge < -0.3 is 5.73 Å². The summed E-state index contributed by atoms with van der Waals surface area (Å²) < 4.78 is 1.78. The molecule has 0 saturated carbocycles. The van der Waals surface area contributed by atoms with Crippen LogP contribution < -0.4 is 5.73 Å². The first-order valence-corrected chi connectivity index (χ1v) is 4.15. The zero-order chi connectivity index (χ0) is 9.35. The van der Waals surface area contributed by atoms with Gasteiger partial charge in [-0.3, -0.25) is 4.68 Å². The van der Waals surface area contributed by atoms with E-state index in [1.807, 2.05) is 19.4 Å². The van der Waals surface area contributed by atoms with Gasteiger partial charge in [-0.1, -0.05) is 20.8 Å². The fraction of sp³-hybridized carbons (Fsp3) is 0.667. The van der Waals surface area contributed by atoms with Gasteiger partial charge in [-0.05, 0) is 5.41 Å². The van der Waals surface area contributed by atoms with Crippen molar-refractivity contribution in [3.8, 4) is 0 Å². The van der Waals surface area contributed by atoms with E-state index in [-0.39, 0.29) is 11.5 Å². The van der Waals surface area contributed by atoms with Crippen LogP contribution in [0.25, 0.3) is 0 Å². The number of nitrogens with two attached hydrogens (primary N) is 1. The molecule has 0 saturated heterocycles. The lowest BCUT2D eigenvalue weighted by Crippen LogP contribution is -2.25. The van der Waals surface area contributed by atoms with E-state index in [0.29, 0.717) is 0 Å². The Labute approximate surface area is 73.6 Å². The fourth-order valence-electron chi connectivity index (χ4n) is 1.10. The minimum absolute atomic E-state index is 0.0613. The van der Waals surface area contributed by atoms with Gasteiger partial charge in [0.15, 0.2) is 0 Å². The summed E-state index contributed by atoms with van der Waals surface area (Å²) in [5.74, 6) is 0.